The lowest BCUT2D eigenvalue weighted by Gasteiger charge is -2.30. The molecule has 114 valence electrons. The van der Waals surface area contributed by atoms with Crippen LogP contribution in [0.25, 0.3) is 6.08 Å². The molecule has 1 aromatic carbocycles. The minimum absolute atomic E-state index is 0.0830. The molecule has 4 amide bonds. The van der Waals surface area contributed by atoms with Crippen LogP contribution in [0.15, 0.2) is 29.8 Å². The SMILES string of the molecule is O=C1NC(=O)C(=Cc2ccccc2N2CCOCC2)C(=O)N1. The van der Waals surface area contributed by atoms with E-state index in [0.29, 0.717) is 13.2 Å². The van der Waals surface area contributed by atoms with Crippen LogP contribution in [0.2, 0.25) is 0 Å². The fourth-order valence-electron chi connectivity index (χ4n) is 2.46. The molecule has 0 aromatic heterocycles. The van der Waals surface area contributed by atoms with E-state index in [-0.39, 0.29) is 5.57 Å². The van der Waals surface area contributed by atoms with Gasteiger partial charge in [-0.2, -0.15) is 0 Å². The molecule has 3 rings (SSSR count). The zero-order valence-corrected chi connectivity index (χ0v) is 11.8. The smallest absolute Gasteiger partial charge is 0.328 e. The van der Waals surface area contributed by atoms with Crippen LogP contribution in [0.1, 0.15) is 5.56 Å². The van der Waals surface area contributed by atoms with E-state index in [1.54, 1.807) is 0 Å². The molecule has 0 atom stereocenters. The Balaban J connectivity index is 1.94. The number of amides is 4. The van der Waals surface area contributed by atoms with E-state index in [9.17, 15) is 14.4 Å². The third-order valence-corrected chi connectivity index (χ3v) is 3.53. The Morgan fingerprint density at radius 2 is 1.64 bits per heavy atom. The number of nitrogens with one attached hydrogen (secondary N) is 2. The number of imide groups is 2. The largest absolute Gasteiger partial charge is 0.378 e. The normalized spacial score (nSPS) is 18.8. The van der Waals surface area contributed by atoms with Gasteiger partial charge in [-0.05, 0) is 17.7 Å². The number of benzene rings is 1. The summed E-state index contributed by atoms with van der Waals surface area (Å²) >= 11 is 0. The van der Waals surface area contributed by atoms with Gasteiger partial charge in [-0.1, -0.05) is 18.2 Å². The second-order valence-electron chi connectivity index (χ2n) is 4.95. The Kier molecular flexibility index (Phi) is 3.88. The van der Waals surface area contributed by atoms with Crippen molar-refractivity contribution < 1.29 is 19.1 Å². The van der Waals surface area contributed by atoms with Gasteiger partial charge in [-0.25, -0.2) is 4.79 Å². The lowest BCUT2D eigenvalue weighted by molar-refractivity contribution is -0.123. The number of rotatable bonds is 2. The summed E-state index contributed by atoms with van der Waals surface area (Å²) in [5.41, 5.74) is 1.59. The fourth-order valence-corrected chi connectivity index (χ4v) is 2.46. The van der Waals surface area contributed by atoms with Crippen molar-refractivity contribution in [1.82, 2.24) is 10.6 Å². The van der Waals surface area contributed by atoms with Gasteiger partial charge in [0.1, 0.15) is 5.57 Å². The summed E-state index contributed by atoms with van der Waals surface area (Å²) in [6, 6.07) is 6.70. The molecule has 22 heavy (non-hydrogen) atoms. The molecule has 2 aliphatic heterocycles. The van der Waals surface area contributed by atoms with Crippen molar-refractivity contribution in [3.8, 4) is 0 Å². The number of barbiturate groups is 1. The first-order valence-corrected chi connectivity index (χ1v) is 6.95. The molecule has 2 heterocycles. The Morgan fingerprint density at radius 3 is 2.32 bits per heavy atom. The highest BCUT2D eigenvalue weighted by atomic mass is 16.5. The number of hydrogen-bond donors (Lipinski definition) is 2. The first-order chi connectivity index (χ1) is 10.6. The van der Waals surface area contributed by atoms with E-state index in [1.165, 1.54) is 6.08 Å². The van der Waals surface area contributed by atoms with Crippen LogP contribution >= 0.6 is 0 Å². The van der Waals surface area contributed by atoms with E-state index in [2.05, 4.69) is 15.5 Å². The Hall–Kier alpha value is -2.67. The molecule has 2 N–H and O–H groups in total. The first kappa shape index (κ1) is 14.3. The minimum Gasteiger partial charge on any atom is -0.378 e. The van der Waals surface area contributed by atoms with Crippen LogP contribution in [-0.2, 0) is 14.3 Å². The van der Waals surface area contributed by atoms with Crippen molar-refractivity contribution >= 4 is 29.6 Å². The molecule has 0 bridgehead atoms. The zero-order valence-electron chi connectivity index (χ0n) is 11.8. The van der Waals surface area contributed by atoms with Gasteiger partial charge in [0, 0.05) is 18.8 Å². The summed E-state index contributed by atoms with van der Waals surface area (Å²) in [6.07, 6.45) is 1.50. The number of carbonyl (C=O) groups is 3. The van der Waals surface area contributed by atoms with Gasteiger partial charge in [-0.3, -0.25) is 20.2 Å². The van der Waals surface area contributed by atoms with Gasteiger partial charge < -0.3 is 9.64 Å². The summed E-state index contributed by atoms with van der Waals surface area (Å²) in [6.45, 7) is 2.77. The van der Waals surface area contributed by atoms with Crippen LogP contribution < -0.4 is 15.5 Å². The van der Waals surface area contributed by atoms with Crippen molar-refractivity contribution in [1.29, 1.82) is 0 Å². The lowest BCUT2D eigenvalue weighted by atomic mass is 10.1. The molecule has 0 radical (unpaired) electrons. The second-order valence-corrected chi connectivity index (χ2v) is 4.95. The first-order valence-electron chi connectivity index (χ1n) is 6.95. The molecule has 7 heteroatoms. The maximum Gasteiger partial charge on any atom is 0.328 e. The summed E-state index contributed by atoms with van der Waals surface area (Å²) < 4.78 is 5.33. The number of urea groups is 1. The molecule has 7 nitrogen and oxygen atoms in total. The number of nitrogens with zero attached hydrogens (tertiary/aromatic N) is 1. The monoisotopic (exact) mass is 301 g/mol. The van der Waals surface area contributed by atoms with Crippen LogP contribution in [0.5, 0.6) is 0 Å². The minimum atomic E-state index is -0.798. The Morgan fingerprint density at radius 1 is 1.00 bits per heavy atom. The van der Waals surface area contributed by atoms with Crippen LogP contribution in [-0.4, -0.2) is 44.1 Å². The van der Waals surface area contributed by atoms with E-state index in [4.69, 9.17) is 4.74 Å². The number of ether oxygens (including phenoxy) is 1. The van der Waals surface area contributed by atoms with Gasteiger partial charge in [0.05, 0.1) is 13.2 Å². The zero-order chi connectivity index (χ0) is 15.5. The highest BCUT2D eigenvalue weighted by molar-refractivity contribution is 6.31. The molecule has 0 aliphatic carbocycles. The molecule has 1 aromatic rings. The van der Waals surface area contributed by atoms with Gasteiger partial charge >= 0.3 is 6.03 Å². The number of carbonyl (C=O) groups excluding carboxylic acids is 3. The van der Waals surface area contributed by atoms with Crippen LogP contribution in [0.4, 0.5) is 10.5 Å². The molecule has 2 aliphatic rings. The van der Waals surface area contributed by atoms with Crippen LogP contribution in [0, 0.1) is 0 Å². The van der Waals surface area contributed by atoms with E-state index in [0.717, 1.165) is 24.3 Å². The maximum absolute atomic E-state index is 11.8. The third kappa shape index (κ3) is 2.84. The van der Waals surface area contributed by atoms with Crippen molar-refractivity contribution in [2.45, 2.75) is 0 Å². The van der Waals surface area contributed by atoms with Gasteiger partial charge in [-0.15, -0.1) is 0 Å². The lowest BCUT2D eigenvalue weighted by Crippen LogP contribution is -2.51. The molecular weight excluding hydrogens is 286 g/mol. The van der Waals surface area contributed by atoms with Crippen LogP contribution in [0.3, 0.4) is 0 Å². The topological polar surface area (TPSA) is 87.7 Å². The number of para-hydroxylation sites is 1. The highest BCUT2D eigenvalue weighted by Gasteiger charge is 2.28. The average Bonchev–Trinajstić information content (AvgIpc) is 2.52. The molecule has 0 spiro atoms. The highest BCUT2D eigenvalue weighted by Crippen LogP contribution is 2.24. The van der Waals surface area contributed by atoms with Crippen molar-refractivity contribution in [3.63, 3.8) is 0 Å². The quantitative estimate of drug-likeness (QED) is 0.605. The standard InChI is InChI=1S/C15H15N3O4/c19-13-11(14(20)17-15(21)16-13)9-10-3-1-2-4-12(10)18-5-7-22-8-6-18/h1-4,9H,5-8H2,(H2,16,17,19,20,21). The number of hydrogen-bond acceptors (Lipinski definition) is 5. The van der Waals surface area contributed by atoms with E-state index in [1.807, 2.05) is 24.3 Å². The van der Waals surface area contributed by atoms with Gasteiger partial charge in [0.15, 0.2) is 0 Å². The fraction of sp³-hybridized carbons (Fsp3) is 0.267. The van der Waals surface area contributed by atoms with E-state index >= 15 is 0 Å². The molecule has 2 saturated heterocycles. The second kappa shape index (κ2) is 5.98. The number of morpholine rings is 1. The summed E-state index contributed by atoms with van der Waals surface area (Å²) in [5.74, 6) is -1.38. The van der Waals surface area contributed by atoms with Gasteiger partial charge in [0.2, 0.25) is 0 Å². The molecule has 0 saturated carbocycles. The Labute approximate surface area is 126 Å². The van der Waals surface area contributed by atoms with Crippen molar-refractivity contribution in [2.75, 3.05) is 31.2 Å². The Bertz CT molecular complexity index is 641. The molecule has 2 fully saturated rings. The molecular formula is C15H15N3O4. The predicted molar refractivity (Wildman–Crippen MR) is 79.1 cm³/mol. The van der Waals surface area contributed by atoms with Crippen molar-refractivity contribution in [3.05, 3.63) is 35.4 Å². The summed E-state index contributed by atoms with van der Waals surface area (Å²) in [4.78, 5) is 36.8. The number of anilines is 1. The maximum atomic E-state index is 11.8. The average molecular weight is 301 g/mol. The molecule has 0 unspecified atom stereocenters. The van der Waals surface area contributed by atoms with E-state index < -0.39 is 17.8 Å². The summed E-state index contributed by atoms with van der Waals surface area (Å²) in [5, 5.41) is 4.13. The van der Waals surface area contributed by atoms with Crippen molar-refractivity contribution in [2.24, 2.45) is 0 Å². The van der Waals surface area contributed by atoms with Gasteiger partial charge in [0.25, 0.3) is 11.8 Å². The third-order valence-electron chi connectivity index (χ3n) is 3.53. The summed E-state index contributed by atoms with van der Waals surface area (Å²) in [7, 11) is 0. The predicted octanol–water partition coefficient (Wildman–Crippen LogP) is 0.273.